The lowest BCUT2D eigenvalue weighted by molar-refractivity contribution is -0.116. The normalized spacial score (nSPS) is 10.2. The molecule has 2 aromatic heterocycles. The predicted octanol–water partition coefficient (Wildman–Crippen LogP) is 0.923. The fraction of sp³-hybridized carbons (Fsp3) is 0.167. The number of hydrogen-bond donors (Lipinski definition) is 2. The molecule has 2 N–H and O–H groups in total. The highest BCUT2D eigenvalue weighted by Gasteiger charge is 2.09. The van der Waals surface area contributed by atoms with Gasteiger partial charge in [0.05, 0.1) is 11.8 Å². The van der Waals surface area contributed by atoms with Gasteiger partial charge in [0.15, 0.2) is 0 Å². The van der Waals surface area contributed by atoms with Crippen molar-refractivity contribution in [2.24, 2.45) is 0 Å². The molecule has 0 atom stereocenters. The Kier molecular flexibility index (Phi) is 3.56. The van der Waals surface area contributed by atoms with Crippen LogP contribution in [0, 0.1) is 6.92 Å². The van der Waals surface area contributed by atoms with Crippen LogP contribution >= 0.6 is 0 Å². The first kappa shape index (κ1) is 12.7. The minimum Gasteiger partial charge on any atom is -0.478 e. The summed E-state index contributed by atoms with van der Waals surface area (Å²) in [5.41, 5.74) is 1.03. The summed E-state index contributed by atoms with van der Waals surface area (Å²) in [6.45, 7) is 1.83. The van der Waals surface area contributed by atoms with Gasteiger partial charge in [-0.15, -0.1) is 0 Å². The summed E-state index contributed by atoms with van der Waals surface area (Å²) >= 11 is 0. The lowest BCUT2D eigenvalue weighted by atomic mass is 10.3. The fourth-order valence-electron chi connectivity index (χ4n) is 1.49. The number of carboxylic acids is 1. The minimum atomic E-state index is -1.08. The van der Waals surface area contributed by atoms with Crippen LogP contribution in [0.4, 0.5) is 5.82 Å². The van der Waals surface area contributed by atoms with Crippen LogP contribution < -0.4 is 5.32 Å². The highest BCUT2D eigenvalue weighted by atomic mass is 16.4. The molecule has 0 saturated carbocycles. The van der Waals surface area contributed by atoms with Gasteiger partial charge in [-0.3, -0.25) is 9.48 Å². The maximum Gasteiger partial charge on any atom is 0.338 e. The van der Waals surface area contributed by atoms with Gasteiger partial charge in [-0.2, -0.15) is 5.10 Å². The van der Waals surface area contributed by atoms with Gasteiger partial charge >= 0.3 is 5.97 Å². The van der Waals surface area contributed by atoms with E-state index in [2.05, 4.69) is 15.4 Å². The predicted molar refractivity (Wildman–Crippen MR) is 66.8 cm³/mol. The molecule has 0 aliphatic rings. The maximum atomic E-state index is 11.7. The van der Waals surface area contributed by atoms with Crippen molar-refractivity contribution in [3.05, 3.63) is 41.9 Å². The van der Waals surface area contributed by atoms with Crippen LogP contribution in [-0.2, 0) is 11.3 Å². The zero-order valence-electron chi connectivity index (χ0n) is 10.2. The quantitative estimate of drug-likeness (QED) is 0.852. The van der Waals surface area contributed by atoms with E-state index in [4.69, 9.17) is 5.11 Å². The smallest absolute Gasteiger partial charge is 0.338 e. The second-order valence-electron chi connectivity index (χ2n) is 4.00. The third-order valence-electron chi connectivity index (χ3n) is 2.37. The number of pyridine rings is 1. The molecule has 2 aromatic rings. The molecule has 0 radical (unpaired) electrons. The van der Waals surface area contributed by atoms with Crippen molar-refractivity contribution in [2.75, 3.05) is 5.32 Å². The van der Waals surface area contributed by atoms with Crippen molar-refractivity contribution in [1.82, 2.24) is 14.8 Å². The van der Waals surface area contributed by atoms with Gasteiger partial charge in [0.2, 0.25) is 5.91 Å². The number of aromatic nitrogens is 3. The number of rotatable bonds is 4. The molecule has 0 fully saturated rings. The largest absolute Gasteiger partial charge is 0.478 e. The Morgan fingerprint density at radius 2 is 2.26 bits per heavy atom. The average molecular weight is 260 g/mol. The third-order valence-corrected chi connectivity index (χ3v) is 2.37. The van der Waals surface area contributed by atoms with Gasteiger partial charge in [0.25, 0.3) is 0 Å². The number of nitrogens with zero attached hydrogens (tertiary/aromatic N) is 3. The van der Waals surface area contributed by atoms with Gasteiger partial charge in [-0.1, -0.05) is 0 Å². The highest BCUT2D eigenvalue weighted by molar-refractivity contribution is 5.90. The molecular weight excluding hydrogens is 248 g/mol. The van der Waals surface area contributed by atoms with Crippen LogP contribution in [0.5, 0.6) is 0 Å². The maximum absolute atomic E-state index is 11.7. The molecule has 0 unspecified atom stereocenters. The molecule has 0 aromatic carbocycles. The number of nitrogens with one attached hydrogen (secondary N) is 1. The van der Waals surface area contributed by atoms with E-state index in [9.17, 15) is 9.59 Å². The van der Waals surface area contributed by atoms with E-state index < -0.39 is 5.97 Å². The number of aryl methyl sites for hydroxylation is 1. The Morgan fingerprint density at radius 3 is 2.89 bits per heavy atom. The summed E-state index contributed by atoms with van der Waals surface area (Å²) in [7, 11) is 0. The third kappa shape index (κ3) is 3.38. The van der Waals surface area contributed by atoms with Crippen molar-refractivity contribution < 1.29 is 14.7 Å². The van der Waals surface area contributed by atoms with E-state index in [1.807, 2.05) is 13.0 Å². The summed E-state index contributed by atoms with van der Waals surface area (Å²) in [4.78, 5) is 26.4. The van der Waals surface area contributed by atoms with Crippen molar-refractivity contribution in [2.45, 2.75) is 13.5 Å². The van der Waals surface area contributed by atoms with E-state index in [1.165, 1.54) is 17.1 Å². The number of carbonyl (C=O) groups excluding carboxylic acids is 1. The minimum absolute atomic E-state index is 0.0430. The standard InChI is InChI=1S/C12H12N4O3/c1-8-2-3-13-10(4-8)15-11(17)7-16-6-9(5-14-16)12(18)19/h2-6H,7H2,1H3,(H,18,19)(H,13,15,17). The van der Waals surface area contributed by atoms with Crippen molar-refractivity contribution in [1.29, 1.82) is 0 Å². The first-order chi connectivity index (χ1) is 9.04. The number of hydrogen-bond acceptors (Lipinski definition) is 4. The van der Waals surface area contributed by atoms with Gasteiger partial charge < -0.3 is 10.4 Å². The molecule has 1 amide bonds. The zero-order valence-corrected chi connectivity index (χ0v) is 10.2. The highest BCUT2D eigenvalue weighted by Crippen LogP contribution is 2.05. The molecule has 19 heavy (non-hydrogen) atoms. The van der Waals surface area contributed by atoms with Crippen LogP contribution in [0.15, 0.2) is 30.7 Å². The van der Waals surface area contributed by atoms with Crippen molar-refractivity contribution >= 4 is 17.7 Å². The molecular formula is C12H12N4O3. The molecule has 0 aliphatic carbocycles. The Morgan fingerprint density at radius 1 is 1.47 bits per heavy atom. The number of carbonyl (C=O) groups is 2. The second-order valence-corrected chi connectivity index (χ2v) is 4.00. The van der Waals surface area contributed by atoms with Gasteiger partial charge in [-0.25, -0.2) is 9.78 Å². The first-order valence-corrected chi connectivity index (χ1v) is 5.53. The average Bonchev–Trinajstić information content (AvgIpc) is 2.77. The Hall–Kier alpha value is -2.70. The summed E-state index contributed by atoms with van der Waals surface area (Å²) in [5.74, 6) is -0.944. The zero-order chi connectivity index (χ0) is 13.8. The monoisotopic (exact) mass is 260 g/mol. The molecule has 0 spiro atoms. The van der Waals surface area contributed by atoms with E-state index in [1.54, 1.807) is 12.3 Å². The van der Waals surface area contributed by atoms with Crippen LogP contribution in [-0.4, -0.2) is 31.7 Å². The van der Waals surface area contributed by atoms with Gasteiger partial charge in [-0.05, 0) is 24.6 Å². The first-order valence-electron chi connectivity index (χ1n) is 5.53. The summed E-state index contributed by atoms with van der Waals surface area (Å²) in [5, 5.41) is 15.1. The number of carboxylic acid groups (broad SMARTS) is 1. The second kappa shape index (κ2) is 5.30. The number of amides is 1. The molecule has 0 bridgehead atoms. The van der Waals surface area contributed by atoms with Crippen molar-refractivity contribution in [3.63, 3.8) is 0 Å². The molecule has 7 heteroatoms. The molecule has 2 heterocycles. The van der Waals surface area contributed by atoms with Crippen LogP contribution in [0.2, 0.25) is 0 Å². The van der Waals surface area contributed by atoms with Crippen LogP contribution in [0.25, 0.3) is 0 Å². The lowest BCUT2D eigenvalue weighted by Gasteiger charge is -2.04. The summed E-state index contributed by atoms with van der Waals surface area (Å²) in [6.07, 6.45) is 4.09. The molecule has 2 rings (SSSR count). The number of aromatic carboxylic acids is 1. The van der Waals surface area contributed by atoms with Crippen LogP contribution in [0.3, 0.4) is 0 Å². The topological polar surface area (TPSA) is 97.1 Å². The number of anilines is 1. The van der Waals surface area contributed by atoms with Crippen molar-refractivity contribution in [3.8, 4) is 0 Å². The van der Waals surface area contributed by atoms with E-state index >= 15 is 0 Å². The fourth-order valence-corrected chi connectivity index (χ4v) is 1.49. The van der Waals surface area contributed by atoms with Gasteiger partial charge in [0, 0.05) is 12.4 Å². The molecule has 0 saturated heterocycles. The Bertz CT molecular complexity index is 621. The van der Waals surface area contributed by atoms with Gasteiger partial charge in [0.1, 0.15) is 12.4 Å². The molecule has 7 nitrogen and oxygen atoms in total. The molecule has 0 aliphatic heterocycles. The SMILES string of the molecule is Cc1ccnc(NC(=O)Cn2cc(C(=O)O)cn2)c1. The molecule has 98 valence electrons. The Balaban J connectivity index is 1.99. The van der Waals surface area contributed by atoms with E-state index in [-0.39, 0.29) is 18.0 Å². The van der Waals surface area contributed by atoms with E-state index in [0.29, 0.717) is 5.82 Å². The Labute approximate surface area is 108 Å². The summed E-state index contributed by atoms with van der Waals surface area (Å²) in [6, 6.07) is 3.56. The lowest BCUT2D eigenvalue weighted by Crippen LogP contribution is -2.19. The van der Waals surface area contributed by atoms with Crippen LogP contribution in [0.1, 0.15) is 15.9 Å². The summed E-state index contributed by atoms with van der Waals surface area (Å²) < 4.78 is 1.26. The van der Waals surface area contributed by atoms with E-state index in [0.717, 1.165) is 5.56 Å².